The van der Waals surface area contributed by atoms with Crippen molar-refractivity contribution in [1.82, 2.24) is 10.6 Å². The van der Waals surface area contributed by atoms with E-state index >= 15 is 0 Å². The standard InChI is InChI=1S/C16H23BrN2O2.ClH/c1-12(21-15-6-4-14(17)5-7-15)16(20)19-10-8-13-3-2-9-18-11-13;/h4-7,12-13,18H,2-3,8-11H2,1H3,(H,19,20);1H. The first-order valence-electron chi connectivity index (χ1n) is 7.56. The zero-order valence-electron chi connectivity index (χ0n) is 12.8. The topological polar surface area (TPSA) is 50.4 Å². The summed E-state index contributed by atoms with van der Waals surface area (Å²) >= 11 is 3.37. The number of hydrogen-bond donors (Lipinski definition) is 2. The van der Waals surface area contributed by atoms with Crippen molar-refractivity contribution in [2.75, 3.05) is 19.6 Å². The molecule has 0 aromatic heterocycles. The summed E-state index contributed by atoms with van der Waals surface area (Å²) in [4.78, 5) is 12.0. The summed E-state index contributed by atoms with van der Waals surface area (Å²) in [7, 11) is 0. The molecule has 2 atom stereocenters. The molecule has 1 fully saturated rings. The van der Waals surface area contributed by atoms with E-state index in [1.54, 1.807) is 6.92 Å². The first-order valence-corrected chi connectivity index (χ1v) is 8.35. The number of piperidine rings is 1. The van der Waals surface area contributed by atoms with E-state index in [0.717, 1.165) is 30.5 Å². The number of halogens is 2. The van der Waals surface area contributed by atoms with E-state index in [1.807, 2.05) is 24.3 Å². The predicted octanol–water partition coefficient (Wildman–Crippen LogP) is 3.14. The van der Waals surface area contributed by atoms with E-state index in [-0.39, 0.29) is 18.3 Å². The second-order valence-corrected chi connectivity index (χ2v) is 6.42. The third kappa shape index (κ3) is 6.55. The molecule has 0 saturated carbocycles. The van der Waals surface area contributed by atoms with Crippen molar-refractivity contribution in [3.63, 3.8) is 0 Å². The molecule has 0 aliphatic carbocycles. The van der Waals surface area contributed by atoms with Crippen LogP contribution in [0.2, 0.25) is 0 Å². The molecule has 0 radical (unpaired) electrons. The van der Waals surface area contributed by atoms with Gasteiger partial charge in [0.2, 0.25) is 0 Å². The number of carbonyl (C=O) groups excluding carboxylic acids is 1. The molecule has 1 heterocycles. The van der Waals surface area contributed by atoms with Gasteiger partial charge in [-0.2, -0.15) is 0 Å². The first-order chi connectivity index (χ1) is 10.1. The molecule has 2 rings (SSSR count). The van der Waals surface area contributed by atoms with E-state index in [4.69, 9.17) is 4.74 Å². The average molecular weight is 392 g/mol. The normalized spacial score (nSPS) is 18.9. The van der Waals surface area contributed by atoms with E-state index < -0.39 is 6.10 Å². The zero-order chi connectivity index (χ0) is 15.1. The largest absolute Gasteiger partial charge is 0.481 e. The Balaban J connectivity index is 0.00000242. The Labute approximate surface area is 146 Å². The van der Waals surface area contributed by atoms with Gasteiger partial charge in [0.1, 0.15) is 5.75 Å². The Hall–Kier alpha value is -0.780. The van der Waals surface area contributed by atoms with Crippen LogP contribution in [0.1, 0.15) is 26.2 Å². The number of hydrogen-bond acceptors (Lipinski definition) is 3. The van der Waals surface area contributed by atoms with Crippen molar-refractivity contribution in [3.05, 3.63) is 28.7 Å². The third-order valence-electron chi connectivity index (χ3n) is 3.75. The van der Waals surface area contributed by atoms with Crippen LogP contribution >= 0.6 is 28.3 Å². The fourth-order valence-corrected chi connectivity index (χ4v) is 2.75. The second kappa shape index (κ2) is 10.1. The second-order valence-electron chi connectivity index (χ2n) is 5.51. The summed E-state index contributed by atoms with van der Waals surface area (Å²) in [6, 6.07) is 7.50. The fraction of sp³-hybridized carbons (Fsp3) is 0.562. The maximum absolute atomic E-state index is 12.0. The molecule has 1 amide bonds. The van der Waals surface area contributed by atoms with Gasteiger partial charge in [0.15, 0.2) is 6.10 Å². The highest BCUT2D eigenvalue weighted by molar-refractivity contribution is 9.10. The molecular formula is C16H24BrClN2O2. The van der Waals surface area contributed by atoms with Gasteiger partial charge in [0.25, 0.3) is 5.91 Å². The van der Waals surface area contributed by atoms with Crippen molar-refractivity contribution in [2.45, 2.75) is 32.3 Å². The monoisotopic (exact) mass is 390 g/mol. The smallest absolute Gasteiger partial charge is 0.260 e. The van der Waals surface area contributed by atoms with Gasteiger partial charge in [-0.1, -0.05) is 15.9 Å². The number of benzene rings is 1. The van der Waals surface area contributed by atoms with Crippen LogP contribution in [0.15, 0.2) is 28.7 Å². The Morgan fingerprint density at radius 2 is 2.18 bits per heavy atom. The number of carbonyl (C=O) groups is 1. The molecule has 2 unspecified atom stereocenters. The number of rotatable bonds is 6. The molecule has 1 aromatic carbocycles. The summed E-state index contributed by atoms with van der Waals surface area (Å²) in [6.45, 7) is 4.69. The number of ether oxygens (including phenoxy) is 1. The van der Waals surface area contributed by atoms with E-state index in [0.29, 0.717) is 11.7 Å². The van der Waals surface area contributed by atoms with Crippen molar-refractivity contribution >= 4 is 34.2 Å². The van der Waals surface area contributed by atoms with Crippen LogP contribution in [0.3, 0.4) is 0 Å². The van der Waals surface area contributed by atoms with Crippen molar-refractivity contribution in [3.8, 4) is 5.75 Å². The summed E-state index contributed by atoms with van der Waals surface area (Å²) in [5.41, 5.74) is 0. The van der Waals surface area contributed by atoms with Gasteiger partial charge in [0, 0.05) is 11.0 Å². The summed E-state index contributed by atoms with van der Waals surface area (Å²) in [5, 5.41) is 6.35. The lowest BCUT2D eigenvalue weighted by Gasteiger charge is -2.23. The summed E-state index contributed by atoms with van der Waals surface area (Å²) in [5.74, 6) is 1.33. The minimum Gasteiger partial charge on any atom is -0.481 e. The minimum atomic E-state index is -0.476. The predicted molar refractivity (Wildman–Crippen MR) is 94.7 cm³/mol. The van der Waals surface area contributed by atoms with Gasteiger partial charge >= 0.3 is 0 Å². The lowest BCUT2D eigenvalue weighted by atomic mass is 9.96. The molecule has 1 aliphatic rings. The lowest BCUT2D eigenvalue weighted by Crippen LogP contribution is -2.38. The zero-order valence-corrected chi connectivity index (χ0v) is 15.2. The highest BCUT2D eigenvalue weighted by Crippen LogP contribution is 2.17. The van der Waals surface area contributed by atoms with Crippen molar-refractivity contribution in [2.24, 2.45) is 5.92 Å². The number of nitrogens with one attached hydrogen (secondary N) is 2. The SMILES string of the molecule is CC(Oc1ccc(Br)cc1)C(=O)NCCC1CCCNC1.Cl. The highest BCUT2D eigenvalue weighted by atomic mass is 79.9. The molecule has 1 aromatic rings. The Morgan fingerprint density at radius 3 is 2.82 bits per heavy atom. The molecule has 0 spiro atoms. The fourth-order valence-electron chi connectivity index (χ4n) is 2.48. The van der Waals surface area contributed by atoms with Gasteiger partial charge in [-0.15, -0.1) is 12.4 Å². The molecule has 22 heavy (non-hydrogen) atoms. The van der Waals surface area contributed by atoms with Crippen molar-refractivity contribution < 1.29 is 9.53 Å². The van der Waals surface area contributed by atoms with E-state index in [9.17, 15) is 4.79 Å². The molecule has 4 nitrogen and oxygen atoms in total. The molecule has 2 N–H and O–H groups in total. The van der Waals surface area contributed by atoms with Crippen LogP contribution < -0.4 is 15.4 Å². The van der Waals surface area contributed by atoms with Crippen LogP contribution in [-0.4, -0.2) is 31.6 Å². The van der Waals surface area contributed by atoms with Gasteiger partial charge < -0.3 is 15.4 Å². The van der Waals surface area contributed by atoms with Crippen LogP contribution in [0, 0.1) is 5.92 Å². The number of amides is 1. The average Bonchev–Trinajstić information content (AvgIpc) is 2.50. The Kier molecular flexibility index (Phi) is 8.83. The summed E-state index contributed by atoms with van der Waals surface area (Å²) < 4.78 is 6.62. The Morgan fingerprint density at radius 1 is 1.45 bits per heavy atom. The maximum atomic E-state index is 12.0. The van der Waals surface area contributed by atoms with Crippen molar-refractivity contribution in [1.29, 1.82) is 0 Å². The highest BCUT2D eigenvalue weighted by Gasteiger charge is 2.16. The van der Waals surface area contributed by atoms with E-state index in [2.05, 4.69) is 26.6 Å². The quantitative estimate of drug-likeness (QED) is 0.783. The Bertz CT molecular complexity index is 450. The maximum Gasteiger partial charge on any atom is 0.260 e. The van der Waals surface area contributed by atoms with Crippen LogP contribution in [0.5, 0.6) is 5.75 Å². The van der Waals surface area contributed by atoms with Gasteiger partial charge in [0.05, 0.1) is 0 Å². The van der Waals surface area contributed by atoms with Crippen LogP contribution in [0.4, 0.5) is 0 Å². The van der Waals surface area contributed by atoms with E-state index in [1.165, 1.54) is 12.8 Å². The first kappa shape index (κ1) is 19.3. The third-order valence-corrected chi connectivity index (χ3v) is 4.28. The molecule has 124 valence electrons. The molecule has 1 saturated heterocycles. The molecule has 1 aliphatic heterocycles. The summed E-state index contributed by atoms with van der Waals surface area (Å²) in [6.07, 6.45) is 3.05. The molecule has 0 bridgehead atoms. The van der Waals surface area contributed by atoms with Crippen LogP contribution in [0.25, 0.3) is 0 Å². The lowest BCUT2D eigenvalue weighted by molar-refractivity contribution is -0.127. The van der Waals surface area contributed by atoms with Crippen LogP contribution in [-0.2, 0) is 4.79 Å². The van der Waals surface area contributed by atoms with Gasteiger partial charge in [-0.3, -0.25) is 4.79 Å². The molecular weight excluding hydrogens is 368 g/mol. The van der Waals surface area contributed by atoms with Gasteiger partial charge in [-0.25, -0.2) is 0 Å². The molecule has 6 heteroatoms. The van der Waals surface area contributed by atoms with Gasteiger partial charge in [-0.05, 0) is 69.5 Å². The minimum absolute atomic E-state index is 0.